The van der Waals surface area contributed by atoms with Crippen molar-refractivity contribution in [2.75, 3.05) is 26.4 Å². The maximum atomic E-state index is 11.5. The number of carbonyl (C=O) groups is 1. The van der Waals surface area contributed by atoms with Gasteiger partial charge in [0, 0.05) is 0 Å². The van der Waals surface area contributed by atoms with Crippen molar-refractivity contribution in [2.24, 2.45) is 16.5 Å². The molecule has 0 aliphatic rings. The van der Waals surface area contributed by atoms with Gasteiger partial charge < -0.3 is 26.0 Å². The Morgan fingerprint density at radius 3 is 2.47 bits per heavy atom. The molecule has 0 aliphatic heterocycles. The Bertz CT molecular complexity index is 427. The van der Waals surface area contributed by atoms with E-state index in [9.17, 15) is 4.79 Å². The van der Waals surface area contributed by atoms with E-state index in [1.165, 1.54) is 24.3 Å². The first kappa shape index (κ1) is 14.8. The zero-order valence-corrected chi connectivity index (χ0v) is 10.4. The van der Waals surface area contributed by atoms with E-state index in [0.29, 0.717) is 18.7 Å². The first-order valence-corrected chi connectivity index (χ1v) is 5.69. The second-order valence-electron chi connectivity index (χ2n) is 3.60. The van der Waals surface area contributed by atoms with Crippen molar-refractivity contribution in [3.05, 3.63) is 29.8 Å². The van der Waals surface area contributed by atoms with Crippen LogP contribution in [0.5, 0.6) is 5.75 Å². The van der Waals surface area contributed by atoms with E-state index >= 15 is 0 Å². The molecule has 5 N–H and O–H groups in total. The third-order valence-corrected chi connectivity index (χ3v) is 2.09. The molecule has 1 aromatic carbocycles. The van der Waals surface area contributed by atoms with Crippen LogP contribution in [0.25, 0.3) is 0 Å². The molecule has 0 amide bonds. The van der Waals surface area contributed by atoms with Crippen LogP contribution in [0.3, 0.4) is 0 Å². The highest BCUT2D eigenvalue weighted by atomic mass is 16.6. The van der Waals surface area contributed by atoms with Gasteiger partial charge in [0.25, 0.3) is 0 Å². The lowest BCUT2D eigenvalue weighted by Crippen LogP contribution is -2.23. The Balaban J connectivity index is 2.14. The molecule has 0 radical (unpaired) electrons. The highest BCUT2D eigenvalue weighted by Crippen LogP contribution is 2.10. The van der Waals surface area contributed by atoms with E-state index in [1.54, 1.807) is 0 Å². The average molecular weight is 267 g/mol. The minimum atomic E-state index is -0.465. The lowest BCUT2D eigenvalue weighted by Gasteiger charge is -2.05. The molecule has 0 atom stereocenters. The smallest absolute Gasteiger partial charge is 0.338 e. The summed E-state index contributed by atoms with van der Waals surface area (Å²) in [6, 6.07) is 5.80. The van der Waals surface area contributed by atoms with Gasteiger partial charge in [0.05, 0.1) is 25.3 Å². The van der Waals surface area contributed by atoms with E-state index in [2.05, 4.69) is 4.99 Å². The Morgan fingerprint density at radius 1 is 1.16 bits per heavy atom. The second-order valence-corrected chi connectivity index (χ2v) is 3.60. The molecule has 19 heavy (non-hydrogen) atoms. The number of phenols is 1. The number of aromatic hydroxyl groups is 1. The molecule has 7 nitrogen and oxygen atoms in total. The largest absolute Gasteiger partial charge is 0.508 e. The molecule has 0 unspecified atom stereocenters. The number of nitrogens with zero attached hydrogens (tertiary/aromatic N) is 1. The molecule has 0 spiro atoms. The number of carbonyl (C=O) groups excluding carboxylic acids is 1. The van der Waals surface area contributed by atoms with E-state index in [4.69, 9.17) is 26.0 Å². The quantitative estimate of drug-likeness (QED) is 0.273. The zero-order valence-electron chi connectivity index (χ0n) is 10.4. The molecule has 0 fully saturated rings. The molecule has 7 heteroatoms. The number of benzene rings is 1. The van der Waals surface area contributed by atoms with Gasteiger partial charge in [0.1, 0.15) is 12.4 Å². The highest BCUT2D eigenvalue weighted by Gasteiger charge is 2.06. The second kappa shape index (κ2) is 7.93. The number of hydrogen-bond acceptors (Lipinski definition) is 5. The van der Waals surface area contributed by atoms with E-state index in [1.807, 2.05) is 0 Å². The van der Waals surface area contributed by atoms with Crippen LogP contribution in [-0.4, -0.2) is 43.4 Å². The van der Waals surface area contributed by atoms with Crippen molar-refractivity contribution in [1.82, 2.24) is 0 Å². The van der Waals surface area contributed by atoms with Crippen LogP contribution in [0.15, 0.2) is 29.3 Å². The molecule has 0 heterocycles. The van der Waals surface area contributed by atoms with E-state index in [0.717, 1.165) is 0 Å². The van der Waals surface area contributed by atoms with E-state index in [-0.39, 0.29) is 24.9 Å². The van der Waals surface area contributed by atoms with Crippen molar-refractivity contribution in [3.63, 3.8) is 0 Å². The third kappa shape index (κ3) is 6.27. The summed E-state index contributed by atoms with van der Waals surface area (Å²) in [7, 11) is 0. The van der Waals surface area contributed by atoms with Crippen LogP contribution in [0, 0.1) is 0 Å². The molecule has 104 valence electrons. The van der Waals surface area contributed by atoms with Crippen LogP contribution >= 0.6 is 0 Å². The lowest BCUT2D eigenvalue weighted by molar-refractivity contribution is 0.0329. The van der Waals surface area contributed by atoms with Crippen LogP contribution in [0.1, 0.15) is 10.4 Å². The van der Waals surface area contributed by atoms with Gasteiger partial charge in [-0.3, -0.25) is 4.99 Å². The Hall–Kier alpha value is -2.28. The predicted molar refractivity (Wildman–Crippen MR) is 69.9 cm³/mol. The maximum absolute atomic E-state index is 11.5. The van der Waals surface area contributed by atoms with Crippen molar-refractivity contribution in [2.45, 2.75) is 0 Å². The summed E-state index contributed by atoms with van der Waals surface area (Å²) in [6.07, 6.45) is 0. The lowest BCUT2D eigenvalue weighted by atomic mass is 10.2. The minimum absolute atomic E-state index is 0.0161. The summed E-state index contributed by atoms with van der Waals surface area (Å²) in [4.78, 5) is 15.2. The van der Waals surface area contributed by atoms with Crippen LogP contribution in [0.4, 0.5) is 0 Å². The fourth-order valence-electron chi connectivity index (χ4n) is 1.22. The van der Waals surface area contributed by atoms with Crippen molar-refractivity contribution >= 4 is 11.9 Å². The van der Waals surface area contributed by atoms with Crippen LogP contribution in [-0.2, 0) is 9.47 Å². The SMILES string of the molecule is NC(N)=NCCOCCOC(=O)c1ccc(O)cc1. The fourth-order valence-corrected chi connectivity index (χ4v) is 1.22. The third-order valence-electron chi connectivity index (χ3n) is 2.09. The van der Waals surface area contributed by atoms with Gasteiger partial charge in [-0.25, -0.2) is 4.79 Å². The normalized spacial score (nSPS) is 9.89. The summed E-state index contributed by atoms with van der Waals surface area (Å²) in [5.41, 5.74) is 10.6. The van der Waals surface area contributed by atoms with Gasteiger partial charge >= 0.3 is 5.97 Å². The Labute approximate surface area is 110 Å². The van der Waals surface area contributed by atoms with Gasteiger partial charge in [-0.2, -0.15) is 0 Å². The monoisotopic (exact) mass is 267 g/mol. The maximum Gasteiger partial charge on any atom is 0.338 e. The number of aliphatic imine (C=N–C) groups is 1. The van der Waals surface area contributed by atoms with Gasteiger partial charge in [0.2, 0.25) is 0 Å². The van der Waals surface area contributed by atoms with Crippen LogP contribution < -0.4 is 11.5 Å². The number of guanidine groups is 1. The Kier molecular flexibility index (Phi) is 6.17. The summed E-state index contributed by atoms with van der Waals surface area (Å²) in [5.74, 6) is -0.352. The first-order valence-electron chi connectivity index (χ1n) is 5.69. The molecule has 0 aromatic heterocycles. The predicted octanol–water partition coefficient (Wildman–Crippen LogP) is -0.161. The van der Waals surface area contributed by atoms with Gasteiger partial charge in [0.15, 0.2) is 5.96 Å². The molecule has 0 saturated heterocycles. The van der Waals surface area contributed by atoms with Gasteiger partial charge in [-0.15, -0.1) is 0 Å². The topological polar surface area (TPSA) is 120 Å². The Morgan fingerprint density at radius 2 is 1.84 bits per heavy atom. The molecular formula is C12H17N3O4. The standard InChI is InChI=1S/C12H17N3O4/c13-12(14)15-5-6-18-7-8-19-11(17)9-1-3-10(16)4-2-9/h1-4,16H,5-8H2,(H4,13,14,15). The van der Waals surface area contributed by atoms with Gasteiger partial charge in [-0.05, 0) is 24.3 Å². The number of rotatable bonds is 7. The fraction of sp³-hybridized carbons (Fsp3) is 0.333. The summed E-state index contributed by atoms with van der Waals surface area (Å²) in [6.45, 7) is 1.13. The summed E-state index contributed by atoms with van der Waals surface area (Å²) in [5, 5.41) is 9.07. The first-order chi connectivity index (χ1) is 9.09. The number of ether oxygens (including phenoxy) is 2. The van der Waals surface area contributed by atoms with Gasteiger partial charge in [-0.1, -0.05) is 0 Å². The zero-order chi connectivity index (χ0) is 14.1. The molecule has 0 aliphatic carbocycles. The molecule has 1 rings (SSSR count). The van der Waals surface area contributed by atoms with Crippen molar-refractivity contribution < 1.29 is 19.4 Å². The van der Waals surface area contributed by atoms with Crippen LogP contribution in [0.2, 0.25) is 0 Å². The van der Waals surface area contributed by atoms with E-state index < -0.39 is 5.97 Å². The number of nitrogens with two attached hydrogens (primary N) is 2. The molecule has 1 aromatic rings. The number of phenolic OH excluding ortho intramolecular Hbond substituents is 1. The average Bonchev–Trinajstić information content (AvgIpc) is 2.38. The van der Waals surface area contributed by atoms with Crippen molar-refractivity contribution in [1.29, 1.82) is 0 Å². The summed E-state index contributed by atoms with van der Waals surface area (Å²) < 4.78 is 10.1. The number of esters is 1. The molecule has 0 bridgehead atoms. The van der Waals surface area contributed by atoms with Crippen molar-refractivity contribution in [3.8, 4) is 5.75 Å². The molecular weight excluding hydrogens is 250 g/mol. The minimum Gasteiger partial charge on any atom is -0.508 e. The number of hydrogen-bond donors (Lipinski definition) is 3. The summed E-state index contributed by atoms with van der Waals surface area (Å²) >= 11 is 0. The molecule has 0 saturated carbocycles. The highest BCUT2D eigenvalue weighted by molar-refractivity contribution is 5.89.